The SMILES string of the molecule is COC(=O)c1cnc(NCC#N)nc1. The van der Waals surface area contributed by atoms with Gasteiger partial charge in [-0.2, -0.15) is 5.26 Å². The first-order valence-electron chi connectivity index (χ1n) is 3.79. The third-order valence-electron chi connectivity index (χ3n) is 1.40. The van der Waals surface area contributed by atoms with Crippen molar-refractivity contribution in [1.29, 1.82) is 5.26 Å². The molecule has 1 N–H and O–H groups in total. The molecule has 0 fully saturated rings. The molecule has 0 aromatic carbocycles. The summed E-state index contributed by atoms with van der Waals surface area (Å²) in [6, 6.07) is 1.88. The summed E-state index contributed by atoms with van der Waals surface area (Å²) in [6.45, 7) is 0.123. The predicted molar refractivity (Wildman–Crippen MR) is 47.5 cm³/mol. The van der Waals surface area contributed by atoms with Crippen LogP contribution in [0.2, 0.25) is 0 Å². The van der Waals surface area contributed by atoms with Crippen molar-refractivity contribution in [2.24, 2.45) is 0 Å². The lowest BCUT2D eigenvalue weighted by Gasteiger charge is -2.00. The molecule has 6 nitrogen and oxygen atoms in total. The minimum atomic E-state index is -0.489. The molecule has 0 atom stereocenters. The van der Waals surface area contributed by atoms with Crippen LogP contribution >= 0.6 is 0 Å². The van der Waals surface area contributed by atoms with Gasteiger partial charge in [0.1, 0.15) is 6.54 Å². The zero-order valence-electron chi connectivity index (χ0n) is 7.52. The van der Waals surface area contributed by atoms with E-state index >= 15 is 0 Å². The van der Waals surface area contributed by atoms with Crippen LogP contribution in [0.3, 0.4) is 0 Å². The van der Waals surface area contributed by atoms with Gasteiger partial charge in [-0.05, 0) is 0 Å². The number of rotatable bonds is 3. The maximum absolute atomic E-state index is 11.0. The molecule has 0 unspecified atom stereocenters. The van der Waals surface area contributed by atoms with Gasteiger partial charge in [0, 0.05) is 12.4 Å². The molecule has 1 aromatic heterocycles. The van der Waals surface area contributed by atoms with Gasteiger partial charge in [-0.3, -0.25) is 0 Å². The molecule has 0 amide bonds. The Morgan fingerprint density at radius 1 is 1.64 bits per heavy atom. The van der Waals surface area contributed by atoms with Crippen LogP contribution < -0.4 is 5.32 Å². The average molecular weight is 192 g/mol. The van der Waals surface area contributed by atoms with Crippen LogP contribution in [-0.2, 0) is 4.74 Å². The highest BCUT2D eigenvalue weighted by atomic mass is 16.5. The van der Waals surface area contributed by atoms with Gasteiger partial charge in [0.15, 0.2) is 0 Å². The molecule has 0 aliphatic rings. The molecule has 0 bridgehead atoms. The molecule has 14 heavy (non-hydrogen) atoms. The van der Waals surface area contributed by atoms with Gasteiger partial charge in [0.25, 0.3) is 0 Å². The molecular formula is C8H8N4O2. The number of anilines is 1. The fraction of sp³-hybridized carbons (Fsp3) is 0.250. The Bertz CT molecular complexity index is 355. The summed E-state index contributed by atoms with van der Waals surface area (Å²) in [5.41, 5.74) is 0.273. The molecule has 0 saturated carbocycles. The van der Waals surface area contributed by atoms with Crippen molar-refractivity contribution in [2.45, 2.75) is 0 Å². The van der Waals surface area contributed by atoms with E-state index in [4.69, 9.17) is 5.26 Å². The van der Waals surface area contributed by atoms with Crippen LogP contribution in [0.15, 0.2) is 12.4 Å². The molecule has 72 valence electrons. The minimum absolute atomic E-state index is 0.123. The van der Waals surface area contributed by atoms with Crippen molar-refractivity contribution in [1.82, 2.24) is 9.97 Å². The molecule has 0 aliphatic carbocycles. The number of methoxy groups -OCH3 is 1. The van der Waals surface area contributed by atoms with Gasteiger partial charge < -0.3 is 10.1 Å². The molecule has 1 heterocycles. The first-order chi connectivity index (χ1) is 6.77. The maximum atomic E-state index is 11.0. The summed E-state index contributed by atoms with van der Waals surface area (Å²) in [5.74, 6) is -0.184. The third kappa shape index (κ3) is 2.42. The van der Waals surface area contributed by atoms with Crippen molar-refractivity contribution >= 4 is 11.9 Å². The van der Waals surface area contributed by atoms with E-state index in [9.17, 15) is 4.79 Å². The second kappa shape index (κ2) is 4.77. The van der Waals surface area contributed by atoms with Crippen molar-refractivity contribution in [3.05, 3.63) is 18.0 Å². The lowest BCUT2D eigenvalue weighted by molar-refractivity contribution is 0.0600. The summed E-state index contributed by atoms with van der Waals surface area (Å²) < 4.78 is 4.47. The lowest BCUT2D eigenvalue weighted by Crippen LogP contribution is -2.06. The van der Waals surface area contributed by atoms with Gasteiger partial charge in [-0.1, -0.05) is 0 Å². The summed E-state index contributed by atoms with van der Waals surface area (Å²) in [6.07, 6.45) is 2.66. The first-order valence-corrected chi connectivity index (χ1v) is 3.79. The van der Waals surface area contributed by atoms with Gasteiger partial charge in [0.05, 0.1) is 18.7 Å². The van der Waals surface area contributed by atoms with Crippen molar-refractivity contribution in [3.63, 3.8) is 0 Å². The van der Waals surface area contributed by atoms with Gasteiger partial charge >= 0.3 is 5.97 Å². The van der Waals surface area contributed by atoms with E-state index in [1.54, 1.807) is 0 Å². The number of aromatic nitrogens is 2. The standard InChI is InChI=1S/C8H8N4O2/c1-14-7(13)6-4-11-8(12-5-6)10-3-2-9/h4-5H,3H2,1H3,(H,10,11,12). The van der Waals surface area contributed by atoms with Crippen LogP contribution in [0.5, 0.6) is 0 Å². The molecule has 0 spiro atoms. The quantitative estimate of drug-likeness (QED) is 0.543. The normalized spacial score (nSPS) is 8.86. The Labute approximate surface area is 80.5 Å². The van der Waals surface area contributed by atoms with Crippen molar-refractivity contribution in [2.75, 3.05) is 19.0 Å². The zero-order valence-corrected chi connectivity index (χ0v) is 7.52. The first kappa shape index (κ1) is 9.92. The Balaban J connectivity index is 2.69. The smallest absolute Gasteiger partial charge is 0.341 e. The summed E-state index contributed by atoms with van der Waals surface area (Å²) in [5, 5.41) is 10.9. The van der Waals surface area contributed by atoms with E-state index in [1.807, 2.05) is 6.07 Å². The monoisotopic (exact) mass is 192 g/mol. The fourth-order valence-electron chi connectivity index (χ4n) is 0.761. The van der Waals surface area contributed by atoms with E-state index in [0.29, 0.717) is 5.95 Å². The van der Waals surface area contributed by atoms with Crippen molar-refractivity contribution < 1.29 is 9.53 Å². The summed E-state index contributed by atoms with van der Waals surface area (Å²) in [4.78, 5) is 18.6. The number of nitriles is 1. The minimum Gasteiger partial charge on any atom is -0.465 e. The Hall–Kier alpha value is -2.16. The van der Waals surface area contributed by atoms with Crippen LogP contribution in [0.4, 0.5) is 5.95 Å². The average Bonchev–Trinajstić information content (AvgIpc) is 2.26. The van der Waals surface area contributed by atoms with Crippen LogP contribution in [0, 0.1) is 11.3 Å². The second-order valence-electron chi connectivity index (χ2n) is 2.30. The van der Waals surface area contributed by atoms with Crippen molar-refractivity contribution in [3.8, 4) is 6.07 Å². The van der Waals surface area contributed by atoms with Gasteiger partial charge in [-0.15, -0.1) is 0 Å². The second-order valence-corrected chi connectivity index (χ2v) is 2.30. The highest BCUT2D eigenvalue weighted by molar-refractivity contribution is 5.88. The number of hydrogen-bond donors (Lipinski definition) is 1. The predicted octanol–water partition coefficient (Wildman–Crippen LogP) is 0.199. The lowest BCUT2D eigenvalue weighted by atomic mass is 10.3. The third-order valence-corrected chi connectivity index (χ3v) is 1.40. The molecule has 0 saturated heterocycles. The fourth-order valence-corrected chi connectivity index (χ4v) is 0.761. The number of hydrogen-bond acceptors (Lipinski definition) is 6. The van der Waals surface area contributed by atoms with E-state index in [-0.39, 0.29) is 12.1 Å². The highest BCUT2D eigenvalue weighted by Gasteiger charge is 2.05. The largest absolute Gasteiger partial charge is 0.465 e. The summed E-state index contributed by atoms with van der Waals surface area (Å²) >= 11 is 0. The topological polar surface area (TPSA) is 87.9 Å². The molecule has 0 radical (unpaired) electrons. The number of esters is 1. The van der Waals surface area contributed by atoms with Gasteiger partial charge in [0.2, 0.25) is 5.95 Å². The summed E-state index contributed by atoms with van der Waals surface area (Å²) in [7, 11) is 1.28. The number of nitrogens with one attached hydrogen (secondary N) is 1. The number of nitrogens with zero attached hydrogens (tertiary/aromatic N) is 3. The highest BCUT2D eigenvalue weighted by Crippen LogP contribution is 2.00. The van der Waals surface area contributed by atoms with E-state index in [1.165, 1.54) is 19.5 Å². The Morgan fingerprint density at radius 3 is 2.79 bits per heavy atom. The number of carbonyl (C=O) groups excluding carboxylic acids is 1. The molecule has 0 aliphatic heterocycles. The van der Waals surface area contributed by atoms with E-state index < -0.39 is 5.97 Å². The Morgan fingerprint density at radius 2 is 2.29 bits per heavy atom. The maximum Gasteiger partial charge on any atom is 0.341 e. The number of ether oxygens (including phenoxy) is 1. The van der Waals surface area contributed by atoms with E-state index in [0.717, 1.165) is 0 Å². The molecule has 1 aromatic rings. The Kier molecular flexibility index (Phi) is 3.38. The molecule has 6 heteroatoms. The molecule has 1 rings (SSSR count). The molecular weight excluding hydrogens is 184 g/mol. The van der Waals surface area contributed by atoms with Crippen LogP contribution in [-0.4, -0.2) is 29.6 Å². The number of carbonyl (C=O) groups is 1. The zero-order chi connectivity index (χ0) is 10.4. The van der Waals surface area contributed by atoms with E-state index in [2.05, 4.69) is 20.0 Å². The van der Waals surface area contributed by atoms with Crippen LogP contribution in [0.25, 0.3) is 0 Å². The van der Waals surface area contributed by atoms with Crippen LogP contribution in [0.1, 0.15) is 10.4 Å². The van der Waals surface area contributed by atoms with Gasteiger partial charge in [-0.25, -0.2) is 14.8 Å².